The van der Waals surface area contributed by atoms with Crippen molar-refractivity contribution in [1.82, 2.24) is 15.5 Å². The van der Waals surface area contributed by atoms with E-state index < -0.39 is 24.7 Å². The van der Waals surface area contributed by atoms with E-state index in [4.69, 9.17) is 26.9 Å². The van der Waals surface area contributed by atoms with Crippen LogP contribution >= 0.6 is 11.6 Å². The molecular weight excluding hydrogens is 472 g/mol. The quantitative estimate of drug-likeness (QED) is 0.236. The fourth-order valence-electron chi connectivity index (χ4n) is 3.36. The third-order valence-electron chi connectivity index (χ3n) is 5.11. The van der Waals surface area contributed by atoms with Crippen LogP contribution < -0.4 is 15.4 Å². The second-order valence-corrected chi connectivity index (χ2v) is 8.20. The molecule has 0 aliphatic carbocycles. The van der Waals surface area contributed by atoms with E-state index >= 15 is 0 Å². The molecule has 0 bridgehead atoms. The number of aliphatic hydroxyl groups is 2. The van der Waals surface area contributed by atoms with Crippen molar-refractivity contribution in [2.75, 3.05) is 19.7 Å². The van der Waals surface area contributed by atoms with E-state index in [9.17, 15) is 14.7 Å². The van der Waals surface area contributed by atoms with Gasteiger partial charge in [0.25, 0.3) is 5.91 Å². The molecular formula is C25H27ClN4O5. The molecule has 9 nitrogen and oxygen atoms in total. The summed E-state index contributed by atoms with van der Waals surface area (Å²) in [4.78, 5) is 27.3. The van der Waals surface area contributed by atoms with Gasteiger partial charge in [0, 0.05) is 25.2 Å². The number of aliphatic hydroxyl groups excluding tert-OH is 2. The van der Waals surface area contributed by atoms with Crippen LogP contribution in [0.1, 0.15) is 5.56 Å². The summed E-state index contributed by atoms with van der Waals surface area (Å²) in [6.07, 6.45) is 3.32. The summed E-state index contributed by atoms with van der Waals surface area (Å²) in [5.41, 5.74) is 0.850. The second kappa shape index (κ2) is 12.7. The number of nitrogens with zero attached hydrogens (tertiary/aromatic N) is 1. The lowest BCUT2D eigenvalue weighted by Crippen LogP contribution is -2.50. The smallest absolute Gasteiger partial charge is 0.251 e. The van der Waals surface area contributed by atoms with Crippen molar-refractivity contribution in [2.45, 2.75) is 18.6 Å². The van der Waals surface area contributed by atoms with Crippen molar-refractivity contribution in [3.63, 3.8) is 0 Å². The number of ether oxygens (including phenoxy) is 1. The number of hydrogen-bond acceptors (Lipinski definition) is 7. The molecule has 0 unspecified atom stereocenters. The van der Waals surface area contributed by atoms with Crippen LogP contribution in [0.25, 0.3) is 0 Å². The molecule has 1 heterocycles. The minimum Gasteiger partial charge on any atom is -0.458 e. The molecule has 5 N–H and O–H groups in total. The van der Waals surface area contributed by atoms with E-state index in [1.54, 1.807) is 24.3 Å². The number of amidine groups is 1. The Bertz CT molecular complexity index is 1110. The molecule has 0 spiro atoms. The van der Waals surface area contributed by atoms with E-state index in [1.807, 2.05) is 30.3 Å². The van der Waals surface area contributed by atoms with Gasteiger partial charge in [0.1, 0.15) is 23.4 Å². The third-order valence-corrected chi connectivity index (χ3v) is 5.42. The molecule has 1 aliphatic rings. The summed E-state index contributed by atoms with van der Waals surface area (Å²) in [6.45, 7) is -0.234. The van der Waals surface area contributed by atoms with E-state index in [0.717, 1.165) is 5.56 Å². The Morgan fingerprint density at radius 3 is 2.63 bits per heavy atom. The van der Waals surface area contributed by atoms with E-state index in [1.165, 1.54) is 23.3 Å². The maximum absolute atomic E-state index is 13.1. The SMILES string of the molecule is N=C(/C=C\NC[C@@H](O)CO)NC(=O)[C@H](Cc1ccccc1)N1CC(Oc2ccccc2Cl)=CC1=O. The summed E-state index contributed by atoms with van der Waals surface area (Å²) < 4.78 is 5.80. The molecule has 2 aromatic carbocycles. The van der Waals surface area contributed by atoms with Crippen molar-refractivity contribution in [2.24, 2.45) is 0 Å². The fourth-order valence-corrected chi connectivity index (χ4v) is 3.53. The van der Waals surface area contributed by atoms with E-state index in [-0.39, 0.29) is 31.3 Å². The number of halogens is 1. The Balaban J connectivity index is 1.69. The molecule has 35 heavy (non-hydrogen) atoms. The van der Waals surface area contributed by atoms with Crippen molar-refractivity contribution in [1.29, 1.82) is 5.41 Å². The average molecular weight is 499 g/mol. The molecule has 1 aliphatic heterocycles. The van der Waals surface area contributed by atoms with Crippen molar-refractivity contribution in [3.05, 3.63) is 89.3 Å². The van der Waals surface area contributed by atoms with Gasteiger partial charge in [0.05, 0.1) is 24.3 Å². The molecule has 184 valence electrons. The zero-order chi connectivity index (χ0) is 25.2. The number of benzene rings is 2. The minimum absolute atomic E-state index is 0.0682. The Labute approximate surface area is 208 Å². The van der Waals surface area contributed by atoms with Crippen LogP contribution in [-0.4, -0.2) is 64.6 Å². The van der Waals surface area contributed by atoms with Crippen LogP contribution in [0.2, 0.25) is 5.02 Å². The Kier molecular flexibility index (Phi) is 9.42. The van der Waals surface area contributed by atoms with Crippen molar-refractivity contribution < 1.29 is 24.5 Å². The van der Waals surface area contributed by atoms with Gasteiger partial charge in [-0.3, -0.25) is 15.0 Å². The minimum atomic E-state index is -0.936. The first-order valence-electron chi connectivity index (χ1n) is 10.9. The maximum Gasteiger partial charge on any atom is 0.251 e. The van der Waals surface area contributed by atoms with Crippen LogP contribution in [0, 0.1) is 5.41 Å². The topological polar surface area (TPSA) is 135 Å². The van der Waals surface area contributed by atoms with Gasteiger partial charge < -0.3 is 30.5 Å². The van der Waals surface area contributed by atoms with Crippen LogP contribution in [0.15, 0.2) is 78.7 Å². The highest BCUT2D eigenvalue weighted by molar-refractivity contribution is 6.32. The Morgan fingerprint density at radius 1 is 1.20 bits per heavy atom. The van der Waals surface area contributed by atoms with Crippen LogP contribution in [0.4, 0.5) is 0 Å². The van der Waals surface area contributed by atoms with Crippen molar-refractivity contribution >= 4 is 29.3 Å². The van der Waals surface area contributed by atoms with Gasteiger partial charge in [0.2, 0.25) is 5.91 Å². The predicted octanol–water partition coefficient (Wildman–Crippen LogP) is 1.61. The Hall–Kier alpha value is -3.66. The normalized spacial score (nSPS) is 15.0. The van der Waals surface area contributed by atoms with Gasteiger partial charge in [-0.15, -0.1) is 0 Å². The van der Waals surface area contributed by atoms with Gasteiger partial charge in [-0.05, 0) is 23.8 Å². The molecule has 2 atom stereocenters. The number of para-hydroxylation sites is 1. The molecule has 0 radical (unpaired) electrons. The highest BCUT2D eigenvalue weighted by Crippen LogP contribution is 2.27. The lowest BCUT2D eigenvalue weighted by molar-refractivity contribution is -0.135. The summed E-state index contributed by atoms with van der Waals surface area (Å²) in [5, 5.41) is 31.8. The summed E-state index contributed by atoms with van der Waals surface area (Å²) in [5.74, 6) is -0.351. The lowest BCUT2D eigenvalue weighted by Gasteiger charge is -2.27. The zero-order valence-electron chi connectivity index (χ0n) is 18.9. The van der Waals surface area contributed by atoms with Gasteiger partial charge in [-0.2, -0.15) is 0 Å². The van der Waals surface area contributed by atoms with Gasteiger partial charge >= 0.3 is 0 Å². The van der Waals surface area contributed by atoms with Crippen LogP contribution in [0.5, 0.6) is 5.75 Å². The first-order chi connectivity index (χ1) is 16.9. The lowest BCUT2D eigenvalue weighted by atomic mass is 10.0. The molecule has 0 fully saturated rings. The number of hydrogen-bond donors (Lipinski definition) is 5. The second-order valence-electron chi connectivity index (χ2n) is 7.80. The van der Waals surface area contributed by atoms with E-state index in [2.05, 4.69) is 10.6 Å². The predicted molar refractivity (Wildman–Crippen MR) is 132 cm³/mol. The molecule has 0 aromatic heterocycles. The largest absolute Gasteiger partial charge is 0.458 e. The van der Waals surface area contributed by atoms with Crippen molar-refractivity contribution in [3.8, 4) is 5.75 Å². The number of carbonyl (C=O) groups excluding carboxylic acids is 2. The highest BCUT2D eigenvalue weighted by atomic mass is 35.5. The standard InChI is InChI=1S/C25H27ClN4O5/c26-20-8-4-5-9-22(20)35-19-13-24(33)30(15-19)21(12-17-6-2-1-3-7-17)25(34)29-23(27)10-11-28-14-18(32)16-31/h1-11,13,18,21,28,31-32H,12,14-16H2,(H2,27,29,34)/b11-10-/t18-,21+/m1/s1. The Morgan fingerprint density at radius 2 is 1.91 bits per heavy atom. The van der Waals surface area contributed by atoms with Crippen LogP contribution in [-0.2, 0) is 16.0 Å². The summed E-state index contributed by atoms with van der Waals surface area (Å²) in [7, 11) is 0. The number of carbonyl (C=O) groups is 2. The zero-order valence-corrected chi connectivity index (χ0v) is 19.6. The fraction of sp³-hybridized carbons (Fsp3) is 0.240. The number of amides is 2. The molecule has 3 rings (SSSR count). The number of nitrogens with one attached hydrogen (secondary N) is 3. The highest BCUT2D eigenvalue weighted by Gasteiger charge is 2.34. The monoisotopic (exact) mass is 498 g/mol. The molecule has 2 aromatic rings. The summed E-state index contributed by atoms with van der Waals surface area (Å²) >= 11 is 6.15. The van der Waals surface area contributed by atoms with E-state index in [0.29, 0.717) is 16.5 Å². The third kappa shape index (κ3) is 7.68. The molecule has 2 amide bonds. The van der Waals surface area contributed by atoms with Gasteiger partial charge in [-0.25, -0.2) is 0 Å². The summed E-state index contributed by atoms with van der Waals surface area (Å²) in [6, 6.07) is 15.3. The average Bonchev–Trinajstić information content (AvgIpc) is 3.21. The maximum atomic E-state index is 13.1. The first kappa shape index (κ1) is 26.0. The first-order valence-corrected chi connectivity index (χ1v) is 11.3. The van der Waals surface area contributed by atoms with Gasteiger partial charge in [-0.1, -0.05) is 54.1 Å². The molecule has 0 saturated heterocycles. The molecule has 10 heteroatoms. The van der Waals surface area contributed by atoms with Crippen LogP contribution in [0.3, 0.4) is 0 Å². The molecule has 0 saturated carbocycles. The number of rotatable bonds is 11. The van der Waals surface area contributed by atoms with Gasteiger partial charge in [0.15, 0.2) is 0 Å².